The smallest absolute Gasteiger partial charge is 0.163 e. The van der Waals surface area contributed by atoms with E-state index in [2.05, 4.69) is 52.9 Å². The molecule has 1 aromatic heterocycles. The number of aryl methyl sites for hydroxylation is 2. The first-order valence-electron chi connectivity index (χ1n) is 5.82. The Hall–Kier alpha value is -1.64. The van der Waals surface area contributed by atoms with Gasteiger partial charge in [-0.2, -0.15) is 0 Å². The fourth-order valence-corrected chi connectivity index (χ4v) is 1.77. The van der Waals surface area contributed by atoms with E-state index >= 15 is 0 Å². The van der Waals surface area contributed by atoms with Crippen LogP contribution in [-0.2, 0) is 13.0 Å². The van der Waals surface area contributed by atoms with Gasteiger partial charge in [-0.05, 0) is 18.4 Å². The first kappa shape index (κ1) is 10.9. The van der Waals surface area contributed by atoms with Gasteiger partial charge in [-0.25, -0.2) is 0 Å². The Morgan fingerprint density at radius 2 is 1.88 bits per heavy atom. The largest absolute Gasteiger partial charge is 0.314 e. The molecular formula is C13H17N3. The first-order chi connectivity index (χ1) is 7.85. The predicted octanol–water partition coefficient (Wildman–Crippen LogP) is 2.92. The second-order valence-corrected chi connectivity index (χ2v) is 3.90. The molecule has 0 saturated heterocycles. The molecule has 0 atom stereocenters. The quantitative estimate of drug-likeness (QED) is 0.785. The maximum absolute atomic E-state index is 4.17. The van der Waals surface area contributed by atoms with Gasteiger partial charge in [0, 0.05) is 12.1 Å². The first-order valence-corrected chi connectivity index (χ1v) is 5.82. The molecule has 0 N–H and O–H groups in total. The van der Waals surface area contributed by atoms with E-state index in [-0.39, 0.29) is 0 Å². The molecule has 0 amide bonds. The number of nitrogens with zero attached hydrogens (tertiary/aromatic N) is 3. The van der Waals surface area contributed by atoms with Crippen LogP contribution in [0.5, 0.6) is 0 Å². The maximum Gasteiger partial charge on any atom is 0.163 e. The topological polar surface area (TPSA) is 30.7 Å². The molecule has 0 fully saturated rings. The number of aromatic nitrogens is 3. The molecule has 0 bridgehead atoms. The van der Waals surface area contributed by atoms with Crippen LogP contribution in [0.4, 0.5) is 0 Å². The summed E-state index contributed by atoms with van der Waals surface area (Å²) < 4.78 is 2.10. The Bertz CT molecular complexity index is 442. The zero-order chi connectivity index (χ0) is 11.4. The summed E-state index contributed by atoms with van der Waals surface area (Å²) in [4.78, 5) is 0. The molecule has 3 heteroatoms. The van der Waals surface area contributed by atoms with E-state index in [4.69, 9.17) is 0 Å². The van der Waals surface area contributed by atoms with Crippen molar-refractivity contribution in [3.8, 4) is 11.4 Å². The Morgan fingerprint density at radius 1 is 1.12 bits per heavy atom. The summed E-state index contributed by atoms with van der Waals surface area (Å²) in [5.41, 5.74) is 2.49. The molecule has 0 unspecified atom stereocenters. The molecule has 16 heavy (non-hydrogen) atoms. The van der Waals surface area contributed by atoms with Gasteiger partial charge in [-0.3, -0.25) is 0 Å². The van der Waals surface area contributed by atoms with Gasteiger partial charge in [0.25, 0.3) is 0 Å². The standard InChI is InChI=1S/C13H17N3/c1-3-9-16-10-14-15-13(16)12-7-5-11(4-2)6-8-12/h5-8,10H,3-4,9H2,1-2H3. The summed E-state index contributed by atoms with van der Waals surface area (Å²) in [6, 6.07) is 8.55. The Balaban J connectivity index is 2.31. The molecule has 2 rings (SSSR count). The predicted molar refractivity (Wildman–Crippen MR) is 65.1 cm³/mol. The SMILES string of the molecule is CCCn1cnnc1-c1ccc(CC)cc1. The Morgan fingerprint density at radius 3 is 2.50 bits per heavy atom. The van der Waals surface area contributed by atoms with Crippen LogP contribution in [0.1, 0.15) is 25.8 Å². The molecule has 84 valence electrons. The van der Waals surface area contributed by atoms with Crippen LogP contribution < -0.4 is 0 Å². The van der Waals surface area contributed by atoms with Crippen molar-refractivity contribution in [1.82, 2.24) is 14.8 Å². The fourth-order valence-electron chi connectivity index (χ4n) is 1.77. The van der Waals surface area contributed by atoms with Crippen molar-refractivity contribution in [2.24, 2.45) is 0 Å². The Labute approximate surface area is 96.1 Å². The minimum Gasteiger partial charge on any atom is -0.314 e. The van der Waals surface area contributed by atoms with Gasteiger partial charge in [-0.1, -0.05) is 38.1 Å². The normalized spacial score (nSPS) is 10.6. The molecule has 0 saturated carbocycles. The van der Waals surface area contributed by atoms with Gasteiger partial charge in [0.05, 0.1) is 0 Å². The van der Waals surface area contributed by atoms with Crippen molar-refractivity contribution < 1.29 is 0 Å². The second kappa shape index (κ2) is 4.92. The highest BCUT2D eigenvalue weighted by molar-refractivity contribution is 5.55. The monoisotopic (exact) mass is 215 g/mol. The van der Waals surface area contributed by atoms with Crippen LogP contribution in [0.3, 0.4) is 0 Å². The lowest BCUT2D eigenvalue weighted by atomic mass is 10.1. The third kappa shape index (κ3) is 2.13. The van der Waals surface area contributed by atoms with Crippen molar-refractivity contribution in [2.75, 3.05) is 0 Å². The van der Waals surface area contributed by atoms with Gasteiger partial charge in [0.1, 0.15) is 6.33 Å². The number of hydrogen-bond acceptors (Lipinski definition) is 2. The highest BCUT2D eigenvalue weighted by atomic mass is 15.3. The molecule has 0 radical (unpaired) electrons. The van der Waals surface area contributed by atoms with Gasteiger partial charge >= 0.3 is 0 Å². The van der Waals surface area contributed by atoms with E-state index in [9.17, 15) is 0 Å². The summed E-state index contributed by atoms with van der Waals surface area (Å²) >= 11 is 0. The number of rotatable bonds is 4. The molecule has 1 heterocycles. The molecule has 0 aliphatic heterocycles. The second-order valence-electron chi connectivity index (χ2n) is 3.90. The summed E-state index contributed by atoms with van der Waals surface area (Å²) in [6.45, 7) is 5.29. The average molecular weight is 215 g/mol. The summed E-state index contributed by atoms with van der Waals surface area (Å²) in [5.74, 6) is 0.963. The average Bonchev–Trinajstić information content (AvgIpc) is 2.78. The number of hydrogen-bond donors (Lipinski definition) is 0. The highest BCUT2D eigenvalue weighted by Gasteiger charge is 2.05. The number of benzene rings is 1. The van der Waals surface area contributed by atoms with E-state index in [1.165, 1.54) is 5.56 Å². The molecule has 2 aromatic rings. The lowest BCUT2D eigenvalue weighted by Crippen LogP contribution is -1.98. The maximum atomic E-state index is 4.17. The van der Waals surface area contributed by atoms with Crippen LogP contribution in [0.2, 0.25) is 0 Å². The van der Waals surface area contributed by atoms with Gasteiger partial charge in [-0.15, -0.1) is 10.2 Å². The molecule has 0 aliphatic rings. The molecule has 3 nitrogen and oxygen atoms in total. The molecule has 0 aliphatic carbocycles. The fraction of sp³-hybridized carbons (Fsp3) is 0.385. The highest BCUT2D eigenvalue weighted by Crippen LogP contribution is 2.17. The van der Waals surface area contributed by atoms with E-state index < -0.39 is 0 Å². The van der Waals surface area contributed by atoms with E-state index in [1.54, 1.807) is 6.33 Å². The van der Waals surface area contributed by atoms with E-state index in [0.717, 1.165) is 30.8 Å². The van der Waals surface area contributed by atoms with Gasteiger partial charge in [0.15, 0.2) is 5.82 Å². The summed E-state index contributed by atoms with van der Waals surface area (Å²) in [7, 11) is 0. The van der Waals surface area contributed by atoms with Gasteiger partial charge in [0.2, 0.25) is 0 Å². The Kier molecular flexibility index (Phi) is 3.34. The molecule has 0 spiro atoms. The third-order valence-electron chi connectivity index (χ3n) is 2.70. The van der Waals surface area contributed by atoms with Crippen molar-refractivity contribution in [3.05, 3.63) is 36.2 Å². The van der Waals surface area contributed by atoms with Crippen LogP contribution in [0, 0.1) is 0 Å². The lowest BCUT2D eigenvalue weighted by Gasteiger charge is -2.05. The molecular weight excluding hydrogens is 198 g/mol. The van der Waals surface area contributed by atoms with Crippen LogP contribution in [0.15, 0.2) is 30.6 Å². The van der Waals surface area contributed by atoms with Crippen molar-refractivity contribution in [2.45, 2.75) is 33.2 Å². The zero-order valence-electron chi connectivity index (χ0n) is 9.85. The van der Waals surface area contributed by atoms with Crippen LogP contribution >= 0.6 is 0 Å². The van der Waals surface area contributed by atoms with Crippen molar-refractivity contribution in [1.29, 1.82) is 0 Å². The summed E-state index contributed by atoms with van der Waals surface area (Å²) in [6.07, 6.45) is 3.96. The lowest BCUT2D eigenvalue weighted by molar-refractivity contribution is 0.683. The molecule has 1 aromatic carbocycles. The minimum atomic E-state index is 0.963. The van der Waals surface area contributed by atoms with Crippen LogP contribution in [-0.4, -0.2) is 14.8 Å². The summed E-state index contributed by atoms with van der Waals surface area (Å²) in [5, 5.41) is 8.15. The van der Waals surface area contributed by atoms with Crippen molar-refractivity contribution in [3.63, 3.8) is 0 Å². The van der Waals surface area contributed by atoms with Gasteiger partial charge < -0.3 is 4.57 Å². The van der Waals surface area contributed by atoms with Crippen molar-refractivity contribution >= 4 is 0 Å². The zero-order valence-corrected chi connectivity index (χ0v) is 9.85. The van der Waals surface area contributed by atoms with E-state index in [1.807, 2.05) is 0 Å². The van der Waals surface area contributed by atoms with Crippen LogP contribution in [0.25, 0.3) is 11.4 Å². The third-order valence-corrected chi connectivity index (χ3v) is 2.70. The van der Waals surface area contributed by atoms with E-state index in [0.29, 0.717) is 0 Å². The minimum absolute atomic E-state index is 0.963.